The summed E-state index contributed by atoms with van der Waals surface area (Å²) < 4.78 is 6.75. The summed E-state index contributed by atoms with van der Waals surface area (Å²) in [7, 11) is 1.40. The van der Waals surface area contributed by atoms with Crippen LogP contribution >= 0.6 is 11.8 Å². The first-order valence-electron chi connectivity index (χ1n) is 6.98. The summed E-state index contributed by atoms with van der Waals surface area (Å²) in [4.78, 5) is 15.9. The summed E-state index contributed by atoms with van der Waals surface area (Å²) >= 11 is 1.42. The number of fused-ring (bicyclic) bond motifs is 1. The fourth-order valence-corrected chi connectivity index (χ4v) is 2.83. The average Bonchev–Trinajstić information content (AvgIpc) is 2.82. The number of carbonyl (C=O) groups is 1. The van der Waals surface area contributed by atoms with Gasteiger partial charge >= 0.3 is 5.97 Å². The van der Waals surface area contributed by atoms with E-state index in [0.29, 0.717) is 5.92 Å². The first-order valence-corrected chi connectivity index (χ1v) is 7.96. The molecular weight excluding hydrogens is 286 g/mol. The maximum absolute atomic E-state index is 11.3. The fraction of sp³-hybridized carbons (Fsp3) is 0.467. The predicted octanol–water partition coefficient (Wildman–Crippen LogP) is 2.34. The molecule has 1 N–H and O–H groups in total. The molecule has 0 bridgehead atoms. The standard InChI is InChI=1S/C15H21N3O2S/c1-11(2)8-16-9-12-15(21-10-14(19)20-3)17-13-6-4-5-7-18(12)13/h4-7,11,16H,8-10H2,1-3H3. The van der Waals surface area contributed by atoms with Crippen LogP contribution in [0.4, 0.5) is 0 Å². The lowest BCUT2D eigenvalue weighted by Crippen LogP contribution is -2.20. The molecule has 2 heterocycles. The summed E-state index contributed by atoms with van der Waals surface area (Å²) in [5.41, 5.74) is 1.98. The lowest BCUT2D eigenvalue weighted by Gasteiger charge is -2.08. The van der Waals surface area contributed by atoms with Gasteiger partial charge in [-0.2, -0.15) is 0 Å². The maximum atomic E-state index is 11.3. The van der Waals surface area contributed by atoms with Crippen molar-refractivity contribution >= 4 is 23.4 Å². The van der Waals surface area contributed by atoms with Crippen molar-refractivity contribution in [3.05, 3.63) is 30.1 Å². The molecule has 0 aliphatic carbocycles. The van der Waals surface area contributed by atoms with E-state index >= 15 is 0 Å². The Hall–Kier alpha value is -1.53. The van der Waals surface area contributed by atoms with E-state index in [2.05, 4.69) is 33.3 Å². The molecule has 0 aliphatic heterocycles. The summed E-state index contributed by atoms with van der Waals surface area (Å²) in [6.45, 7) is 6.02. The van der Waals surface area contributed by atoms with Gasteiger partial charge in [0.15, 0.2) is 0 Å². The molecule has 0 spiro atoms. The second-order valence-electron chi connectivity index (χ2n) is 5.18. The predicted molar refractivity (Wildman–Crippen MR) is 84.5 cm³/mol. The Morgan fingerprint density at radius 1 is 1.48 bits per heavy atom. The first kappa shape index (κ1) is 15.9. The van der Waals surface area contributed by atoms with Crippen molar-refractivity contribution in [3.63, 3.8) is 0 Å². The van der Waals surface area contributed by atoms with Crippen molar-refractivity contribution in [2.45, 2.75) is 25.4 Å². The highest BCUT2D eigenvalue weighted by atomic mass is 32.2. The number of hydrogen-bond donors (Lipinski definition) is 1. The number of hydrogen-bond acceptors (Lipinski definition) is 5. The molecule has 2 rings (SSSR count). The van der Waals surface area contributed by atoms with E-state index < -0.39 is 0 Å². The second-order valence-corrected chi connectivity index (χ2v) is 6.15. The van der Waals surface area contributed by atoms with Gasteiger partial charge in [0.25, 0.3) is 0 Å². The third kappa shape index (κ3) is 4.22. The Morgan fingerprint density at radius 3 is 3.00 bits per heavy atom. The van der Waals surface area contributed by atoms with Gasteiger partial charge in [0.05, 0.1) is 18.6 Å². The van der Waals surface area contributed by atoms with E-state index in [0.717, 1.165) is 29.5 Å². The third-order valence-corrected chi connectivity index (χ3v) is 3.97. The number of ether oxygens (including phenoxy) is 1. The van der Waals surface area contributed by atoms with Gasteiger partial charge in [0.2, 0.25) is 0 Å². The van der Waals surface area contributed by atoms with Crippen LogP contribution in [0.3, 0.4) is 0 Å². The van der Waals surface area contributed by atoms with Crippen LogP contribution in [0.5, 0.6) is 0 Å². The van der Waals surface area contributed by atoms with Crippen LogP contribution in [0.2, 0.25) is 0 Å². The maximum Gasteiger partial charge on any atom is 0.316 e. The second kappa shape index (κ2) is 7.47. The van der Waals surface area contributed by atoms with Crippen molar-refractivity contribution in [3.8, 4) is 0 Å². The molecule has 0 saturated carbocycles. The number of rotatable bonds is 7. The molecule has 0 atom stereocenters. The fourth-order valence-electron chi connectivity index (χ4n) is 1.97. The SMILES string of the molecule is COC(=O)CSc1nc2ccccn2c1CNCC(C)C. The minimum Gasteiger partial charge on any atom is -0.468 e. The number of pyridine rings is 1. The van der Waals surface area contributed by atoms with E-state index in [4.69, 9.17) is 0 Å². The highest BCUT2D eigenvalue weighted by Crippen LogP contribution is 2.23. The van der Waals surface area contributed by atoms with Gasteiger partial charge in [-0.3, -0.25) is 4.79 Å². The Balaban J connectivity index is 2.19. The lowest BCUT2D eigenvalue weighted by molar-refractivity contribution is -0.137. The Kier molecular flexibility index (Phi) is 5.64. The molecule has 0 radical (unpaired) electrons. The van der Waals surface area contributed by atoms with Gasteiger partial charge in [-0.15, -0.1) is 0 Å². The average molecular weight is 307 g/mol. The highest BCUT2D eigenvalue weighted by Gasteiger charge is 2.14. The van der Waals surface area contributed by atoms with Gasteiger partial charge in [-0.25, -0.2) is 4.98 Å². The monoisotopic (exact) mass is 307 g/mol. The molecule has 5 nitrogen and oxygen atoms in total. The Bertz CT molecular complexity index is 610. The number of esters is 1. The van der Waals surface area contributed by atoms with Crippen LogP contribution in [0.15, 0.2) is 29.4 Å². The molecule has 6 heteroatoms. The minimum absolute atomic E-state index is 0.238. The molecular formula is C15H21N3O2S. The molecule has 2 aromatic heterocycles. The van der Waals surface area contributed by atoms with Crippen LogP contribution in [-0.2, 0) is 16.1 Å². The van der Waals surface area contributed by atoms with Crippen LogP contribution in [-0.4, -0.2) is 34.8 Å². The van der Waals surface area contributed by atoms with Crippen molar-refractivity contribution in [2.24, 2.45) is 5.92 Å². The molecule has 0 amide bonds. The van der Waals surface area contributed by atoms with Crippen molar-refractivity contribution < 1.29 is 9.53 Å². The zero-order valence-corrected chi connectivity index (χ0v) is 13.4. The van der Waals surface area contributed by atoms with Gasteiger partial charge in [-0.1, -0.05) is 31.7 Å². The van der Waals surface area contributed by atoms with Crippen molar-refractivity contribution in [1.82, 2.24) is 14.7 Å². The van der Waals surface area contributed by atoms with E-state index in [1.165, 1.54) is 18.9 Å². The molecule has 0 fully saturated rings. The van der Waals surface area contributed by atoms with Gasteiger partial charge in [0, 0.05) is 12.7 Å². The molecule has 0 aliphatic rings. The Morgan fingerprint density at radius 2 is 2.29 bits per heavy atom. The largest absolute Gasteiger partial charge is 0.468 e. The quantitative estimate of drug-likeness (QED) is 0.628. The van der Waals surface area contributed by atoms with Crippen LogP contribution < -0.4 is 5.32 Å². The summed E-state index contributed by atoms with van der Waals surface area (Å²) in [5, 5.41) is 4.31. The van der Waals surface area contributed by atoms with Crippen LogP contribution in [0, 0.1) is 5.92 Å². The number of thioether (sulfide) groups is 1. The molecule has 0 saturated heterocycles. The number of nitrogens with one attached hydrogen (secondary N) is 1. The molecule has 0 aromatic carbocycles. The minimum atomic E-state index is -0.238. The third-order valence-electron chi connectivity index (χ3n) is 2.99. The zero-order valence-electron chi connectivity index (χ0n) is 12.6. The van der Waals surface area contributed by atoms with E-state index in [-0.39, 0.29) is 11.7 Å². The summed E-state index contributed by atoms with van der Waals surface area (Å²) in [6, 6.07) is 5.91. The highest BCUT2D eigenvalue weighted by molar-refractivity contribution is 7.99. The summed E-state index contributed by atoms with van der Waals surface area (Å²) in [5.74, 6) is 0.630. The Labute approximate surface area is 129 Å². The number of imidazole rings is 1. The van der Waals surface area contributed by atoms with Crippen molar-refractivity contribution in [1.29, 1.82) is 0 Å². The number of aromatic nitrogens is 2. The lowest BCUT2D eigenvalue weighted by atomic mass is 10.2. The number of carbonyl (C=O) groups excluding carboxylic acids is 1. The number of methoxy groups -OCH3 is 1. The number of nitrogens with zero attached hydrogens (tertiary/aromatic N) is 2. The smallest absolute Gasteiger partial charge is 0.316 e. The topological polar surface area (TPSA) is 55.6 Å². The van der Waals surface area contributed by atoms with Gasteiger partial charge in [-0.05, 0) is 24.6 Å². The normalized spacial score (nSPS) is 11.2. The van der Waals surface area contributed by atoms with Gasteiger partial charge < -0.3 is 14.5 Å². The van der Waals surface area contributed by atoms with Gasteiger partial charge in [0.1, 0.15) is 10.7 Å². The molecule has 114 valence electrons. The van der Waals surface area contributed by atoms with Crippen LogP contribution in [0.25, 0.3) is 5.65 Å². The van der Waals surface area contributed by atoms with Crippen LogP contribution in [0.1, 0.15) is 19.5 Å². The van der Waals surface area contributed by atoms with Crippen molar-refractivity contribution in [2.75, 3.05) is 19.4 Å². The zero-order chi connectivity index (χ0) is 15.2. The molecule has 0 unspecified atom stereocenters. The first-order chi connectivity index (χ1) is 10.1. The molecule has 21 heavy (non-hydrogen) atoms. The van der Waals surface area contributed by atoms with E-state index in [1.54, 1.807) is 0 Å². The van der Waals surface area contributed by atoms with E-state index in [1.807, 2.05) is 24.4 Å². The molecule has 2 aromatic rings. The summed E-state index contributed by atoms with van der Waals surface area (Å²) in [6.07, 6.45) is 2.00. The van der Waals surface area contributed by atoms with E-state index in [9.17, 15) is 4.79 Å².